The summed E-state index contributed by atoms with van der Waals surface area (Å²) in [5, 5.41) is 3.52. The molecule has 0 aromatic heterocycles. The number of ether oxygens (including phenoxy) is 1. The van der Waals surface area contributed by atoms with Gasteiger partial charge in [-0.25, -0.2) is 0 Å². The molecular weight excluding hydrogens is 362 g/mol. The van der Waals surface area contributed by atoms with Gasteiger partial charge in [0.05, 0.1) is 19.3 Å². The molecule has 2 aromatic carbocycles. The van der Waals surface area contributed by atoms with Crippen molar-refractivity contribution in [2.45, 2.75) is 13.0 Å². The molecule has 3 atom stereocenters. The second kappa shape index (κ2) is 7.81. The fourth-order valence-electron chi connectivity index (χ4n) is 5.32. The Balaban J connectivity index is 1.42. The molecule has 29 heavy (non-hydrogen) atoms. The molecule has 3 aliphatic rings. The first kappa shape index (κ1) is 18.6. The smallest absolute Gasteiger partial charge is 0.254 e. The summed E-state index contributed by atoms with van der Waals surface area (Å²) in [6.45, 7) is 8.29. The molecule has 3 saturated heterocycles. The number of benzene rings is 2. The number of rotatable bonds is 3. The van der Waals surface area contributed by atoms with Crippen LogP contribution in [-0.2, 0) is 4.74 Å². The van der Waals surface area contributed by atoms with Gasteiger partial charge in [-0.15, -0.1) is 0 Å². The van der Waals surface area contributed by atoms with E-state index in [1.165, 1.54) is 11.3 Å². The fraction of sp³-hybridized carbons (Fsp3) is 0.458. The van der Waals surface area contributed by atoms with Crippen LogP contribution in [0.1, 0.15) is 27.5 Å². The van der Waals surface area contributed by atoms with Crippen LogP contribution in [0.5, 0.6) is 0 Å². The lowest BCUT2D eigenvalue weighted by Crippen LogP contribution is -2.37. The summed E-state index contributed by atoms with van der Waals surface area (Å²) in [6, 6.07) is 16.9. The van der Waals surface area contributed by atoms with Gasteiger partial charge in [0.25, 0.3) is 5.91 Å². The molecule has 2 aromatic rings. The first-order valence-corrected chi connectivity index (χ1v) is 10.7. The van der Waals surface area contributed by atoms with Crippen LogP contribution in [0.3, 0.4) is 0 Å². The van der Waals surface area contributed by atoms with Crippen LogP contribution < -0.4 is 10.2 Å². The molecule has 5 heteroatoms. The Hall–Kier alpha value is -2.37. The van der Waals surface area contributed by atoms with Crippen molar-refractivity contribution >= 4 is 11.6 Å². The molecule has 1 amide bonds. The average molecular weight is 392 g/mol. The van der Waals surface area contributed by atoms with Crippen LogP contribution in [0.2, 0.25) is 0 Å². The SMILES string of the molecule is Cc1cc(C(=O)N2C[C@@H]3CNC[C@@H]3[C@H]2c2ccccc2)ccc1N1CCOCC1. The van der Waals surface area contributed by atoms with E-state index >= 15 is 0 Å². The maximum Gasteiger partial charge on any atom is 0.254 e. The maximum absolute atomic E-state index is 13.6. The van der Waals surface area contributed by atoms with Crippen molar-refractivity contribution in [3.8, 4) is 0 Å². The molecule has 0 spiro atoms. The van der Waals surface area contributed by atoms with Crippen LogP contribution in [0.4, 0.5) is 5.69 Å². The molecule has 0 saturated carbocycles. The van der Waals surface area contributed by atoms with E-state index in [2.05, 4.69) is 58.4 Å². The van der Waals surface area contributed by atoms with E-state index < -0.39 is 0 Å². The molecule has 0 radical (unpaired) electrons. The number of carbonyl (C=O) groups excluding carboxylic acids is 1. The summed E-state index contributed by atoms with van der Waals surface area (Å²) in [6.07, 6.45) is 0. The predicted octanol–water partition coefficient (Wildman–Crippen LogP) is 2.86. The predicted molar refractivity (Wildman–Crippen MR) is 114 cm³/mol. The van der Waals surface area contributed by atoms with E-state index in [-0.39, 0.29) is 11.9 Å². The monoisotopic (exact) mass is 391 g/mol. The quantitative estimate of drug-likeness (QED) is 0.874. The minimum absolute atomic E-state index is 0.155. The minimum Gasteiger partial charge on any atom is -0.378 e. The van der Waals surface area contributed by atoms with Gasteiger partial charge in [-0.3, -0.25) is 4.79 Å². The third kappa shape index (κ3) is 3.43. The van der Waals surface area contributed by atoms with Crippen LogP contribution in [0.25, 0.3) is 0 Å². The molecule has 0 aliphatic carbocycles. The van der Waals surface area contributed by atoms with E-state index in [4.69, 9.17) is 4.74 Å². The number of anilines is 1. The zero-order valence-corrected chi connectivity index (χ0v) is 17.0. The highest BCUT2D eigenvalue weighted by atomic mass is 16.5. The number of amides is 1. The summed E-state index contributed by atoms with van der Waals surface area (Å²) in [5.41, 5.74) is 4.43. The highest BCUT2D eigenvalue weighted by Crippen LogP contribution is 2.43. The van der Waals surface area contributed by atoms with E-state index in [1.54, 1.807) is 0 Å². The van der Waals surface area contributed by atoms with Crippen molar-refractivity contribution in [2.24, 2.45) is 11.8 Å². The van der Waals surface area contributed by atoms with Gasteiger partial charge in [-0.1, -0.05) is 30.3 Å². The summed E-state index contributed by atoms with van der Waals surface area (Å²) < 4.78 is 5.47. The number of aryl methyl sites for hydroxylation is 1. The number of morpholine rings is 1. The lowest BCUT2D eigenvalue weighted by Gasteiger charge is -2.31. The van der Waals surface area contributed by atoms with Crippen molar-refractivity contribution in [3.05, 3.63) is 65.2 Å². The number of nitrogens with zero attached hydrogens (tertiary/aromatic N) is 2. The number of nitrogens with one attached hydrogen (secondary N) is 1. The Morgan fingerprint density at radius 2 is 1.86 bits per heavy atom. The van der Waals surface area contributed by atoms with Crippen molar-refractivity contribution in [3.63, 3.8) is 0 Å². The van der Waals surface area contributed by atoms with Crippen molar-refractivity contribution in [1.29, 1.82) is 0 Å². The zero-order valence-electron chi connectivity index (χ0n) is 17.0. The van der Waals surface area contributed by atoms with Crippen molar-refractivity contribution in [2.75, 3.05) is 50.8 Å². The summed E-state index contributed by atoms with van der Waals surface area (Å²) >= 11 is 0. The number of hydrogen-bond donors (Lipinski definition) is 1. The molecule has 3 heterocycles. The van der Waals surface area contributed by atoms with Crippen LogP contribution in [-0.4, -0.2) is 56.7 Å². The Morgan fingerprint density at radius 1 is 1.07 bits per heavy atom. The van der Waals surface area contributed by atoms with Crippen LogP contribution >= 0.6 is 0 Å². The number of carbonyl (C=O) groups is 1. The highest BCUT2D eigenvalue weighted by molar-refractivity contribution is 5.95. The van der Waals surface area contributed by atoms with E-state index in [1.807, 2.05) is 12.1 Å². The van der Waals surface area contributed by atoms with Gasteiger partial charge in [0, 0.05) is 49.9 Å². The van der Waals surface area contributed by atoms with Crippen molar-refractivity contribution in [1.82, 2.24) is 10.2 Å². The van der Waals surface area contributed by atoms with Gasteiger partial charge in [0.2, 0.25) is 0 Å². The number of fused-ring (bicyclic) bond motifs is 1. The summed E-state index contributed by atoms with van der Waals surface area (Å²) in [7, 11) is 0. The Morgan fingerprint density at radius 3 is 2.62 bits per heavy atom. The fourth-order valence-corrected chi connectivity index (χ4v) is 5.32. The maximum atomic E-state index is 13.6. The van der Waals surface area contributed by atoms with Gasteiger partial charge < -0.3 is 19.9 Å². The first-order chi connectivity index (χ1) is 14.2. The lowest BCUT2D eigenvalue weighted by molar-refractivity contribution is 0.0714. The number of likely N-dealkylation sites (tertiary alicyclic amines) is 1. The molecule has 3 aliphatic heterocycles. The van der Waals surface area contributed by atoms with Crippen LogP contribution in [0, 0.1) is 18.8 Å². The topological polar surface area (TPSA) is 44.8 Å². The second-order valence-corrected chi connectivity index (χ2v) is 8.50. The van der Waals surface area contributed by atoms with Gasteiger partial charge in [-0.2, -0.15) is 0 Å². The van der Waals surface area contributed by atoms with Gasteiger partial charge in [0.1, 0.15) is 0 Å². The van der Waals surface area contributed by atoms with E-state index in [9.17, 15) is 4.79 Å². The molecule has 5 rings (SSSR count). The average Bonchev–Trinajstić information content (AvgIpc) is 3.35. The van der Waals surface area contributed by atoms with E-state index in [0.29, 0.717) is 11.8 Å². The Kier molecular flexibility index (Phi) is 5.02. The zero-order chi connectivity index (χ0) is 19.8. The minimum atomic E-state index is 0.155. The molecule has 152 valence electrons. The standard InChI is InChI=1S/C24H29N3O2/c1-17-13-19(7-8-22(17)26-9-11-29-12-10-26)24(28)27-16-20-14-25-15-21(20)23(27)18-5-3-2-4-6-18/h2-8,13,20-21,23,25H,9-12,14-16H2,1H3/t20-,21-,23+/m0/s1. The molecule has 5 nitrogen and oxygen atoms in total. The molecular formula is C24H29N3O2. The van der Waals surface area contributed by atoms with Crippen LogP contribution in [0.15, 0.2) is 48.5 Å². The Bertz CT molecular complexity index is 879. The first-order valence-electron chi connectivity index (χ1n) is 10.7. The van der Waals surface area contributed by atoms with E-state index in [0.717, 1.165) is 57.1 Å². The van der Waals surface area contributed by atoms with Crippen molar-refractivity contribution < 1.29 is 9.53 Å². The Labute approximate surface area is 172 Å². The van der Waals surface area contributed by atoms with Gasteiger partial charge >= 0.3 is 0 Å². The molecule has 0 bridgehead atoms. The highest BCUT2D eigenvalue weighted by Gasteiger charge is 2.46. The van der Waals surface area contributed by atoms with Gasteiger partial charge in [0.15, 0.2) is 0 Å². The number of hydrogen-bond acceptors (Lipinski definition) is 4. The second-order valence-electron chi connectivity index (χ2n) is 8.50. The largest absolute Gasteiger partial charge is 0.378 e. The third-order valence-corrected chi connectivity index (χ3v) is 6.76. The molecule has 1 N–H and O–H groups in total. The summed E-state index contributed by atoms with van der Waals surface area (Å²) in [5.74, 6) is 1.19. The molecule has 3 fully saturated rings. The lowest BCUT2D eigenvalue weighted by atomic mass is 9.89. The van der Waals surface area contributed by atoms with Gasteiger partial charge in [-0.05, 0) is 42.2 Å². The normalized spacial score (nSPS) is 26.6. The third-order valence-electron chi connectivity index (χ3n) is 6.76. The summed E-state index contributed by atoms with van der Waals surface area (Å²) in [4.78, 5) is 18.0. The molecule has 0 unspecified atom stereocenters.